The number of rotatable bonds is 4. The van der Waals surface area contributed by atoms with Crippen LogP contribution in [0.3, 0.4) is 0 Å². The van der Waals surface area contributed by atoms with E-state index in [-0.39, 0.29) is 5.75 Å². The van der Waals surface area contributed by atoms with Gasteiger partial charge in [-0.3, -0.25) is 0 Å². The van der Waals surface area contributed by atoms with Crippen molar-refractivity contribution in [3.8, 4) is 11.6 Å². The first kappa shape index (κ1) is 13.6. The number of nitrogens with zero attached hydrogens (tertiary/aromatic N) is 3. The number of halogens is 1. The Hall–Kier alpha value is -2.34. The molecule has 0 aliphatic rings. The van der Waals surface area contributed by atoms with E-state index in [0.29, 0.717) is 11.0 Å². The van der Waals surface area contributed by atoms with E-state index in [9.17, 15) is 5.11 Å². The maximum atomic E-state index is 10.0. The van der Waals surface area contributed by atoms with Gasteiger partial charge in [-0.25, -0.2) is 9.67 Å². The van der Waals surface area contributed by atoms with Crippen LogP contribution in [0.1, 0.15) is 5.56 Å². The quantitative estimate of drug-likeness (QED) is 0.761. The van der Waals surface area contributed by atoms with Crippen LogP contribution in [0, 0.1) is 0 Å². The average molecular weight is 345 g/mol. The monoisotopic (exact) mass is 344 g/mol. The van der Waals surface area contributed by atoms with Crippen molar-refractivity contribution >= 4 is 21.6 Å². The number of hydrogen-bond donors (Lipinski definition) is 2. The summed E-state index contributed by atoms with van der Waals surface area (Å²) in [5.74, 6) is 0.964. The largest absolute Gasteiger partial charge is 0.506 e. The third-order valence-electron chi connectivity index (χ3n) is 3.05. The molecule has 0 saturated heterocycles. The van der Waals surface area contributed by atoms with E-state index in [1.165, 1.54) is 0 Å². The molecular formula is C15H13BrN4O. The second kappa shape index (κ2) is 5.97. The molecule has 0 amide bonds. The summed E-state index contributed by atoms with van der Waals surface area (Å²) in [6.07, 6.45) is 5.27. The number of aromatic hydroxyl groups is 1. The molecule has 0 unspecified atom stereocenters. The van der Waals surface area contributed by atoms with Gasteiger partial charge in [0.1, 0.15) is 5.75 Å². The highest BCUT2D eigenvalue weighted by atomic mass is 79.9. The summed E-state index contributed by atoms with van der Waals surface area (Å²) in [6, 6.07) is 11.2. The predicted molar refractivity (Wildman–Crippen MR) is 84.5 cm³/mol. The lowest BCUT2D eigenvalue weighted by molar-refractivity contribution is 0.465. The highest BCUT2D eigenvalue weighted by Gasteiger charge is 2.08. The zero-order valence-electron chi connectivity index (χ0n) is 11.1. The van der Waals surface area contributed by atoms with Gasteiger partial charge in [0.15, 0.2) is 5.82 Å². The van der Waals surface area contributed by atoms with E-state index in [1.807, 2.05) is 36.5 Å². The summed E-state index contributed by atoms with van der Waals surface area (Å²) in [4.78, 5) is 4.34. The van der Waals surface area contributed by atoms with E-state index in [0.717, 1.165) is 17.1 Å². The Kier molecular flexibility index (Phi) is 3.87. The standard InChI is InChI=1S/C15H13BrN4O/c16-12-5-1-4-11(14(12)21)10-18-13-6-2-7-17-15(13)20-9-3-8-19-20/h1-9,18,21H,10H2. The van der Waals surface area contributed by atoms with Crippen LogP contribution in [-0.4, -0.2) is 19.9 Å². The first-order chi connectivity index (χ1) is 10.3. The minimum atomic E-state index is 0.245. The second-order valence-corrected chi connectivity index (χ2v) is 5.28. The van der Waals surface area contributed by atoms with Crippen molar-refractivity contribution in [1.82, 2.24) is 14.8 Å². The Morgan fingerprint density at radius 1 is 1.14 bits per heavy atom. The number of para-hydroxylation sites is 1. The number of aromatic nitrogens is 3. The molecule has 106 valence electrons. The summed E-state index contributed by atoms with van der Waals surface area (Å²) >= 11 is 3.31. The number of phenolic OH excluding ortho intramolecular Hbond substituents is 1. The number of anilines is 1. The Balaban J connectivity index is 1.85. The van der Waals surface area contributed by atoms with E-state index < -0.39 is 0 Å². The number of pyridine rings is 1. The first-order valence-electron chi connectivity index (χ1n) is 6.41. The van der Waals surface area contributed by atoms with Gasteiger partial charge in [0.25, 0.3) is 0 Å². The van der Waals surface area contributed by atoms with Crippen molar-refractivity contribution in [2.24, 2.45) is 0 Å². The van der Waals surface area contributed by atoms with Gasteiger partial charge < -0.3 is 10.4 Å². The van der Waals surface area contributed by atoms with Crippen LogP contribution >= 0.6 is 15.9 Å². The molecule has 5 nitrogen and oxygen atoms in total. The van der Waals surface area contributed by atoms with Crippen LogP contribution in [0.5, 0.6) is 5.75 Å². The van der Waals surface area contributed by atoms with Gasteiger partial charge in [0, 0.05) is 30.7 Å². The molecule has 21 heavy (non-hydrogen) atoms. The molecule has 0 saturated carbocycles. The van der Waals surface area contributed by atoms with Crippen LogP contribution in [0.4, 0.5) is 5.69 Å². The zero-order valence-corrected chi connectivity index (χ0v) is 12.7. The van der Waals surface area contributed by atoms with Crippen LogP contribution in [0.25, 0.3) is 5.82 Å². The Morgan fingerprint density at radius 3 is 2.86 bits per heavy atom. The lowest BCUT2D eigenvalue weighted by atomic mass is 10.2. The third kappa shape index (κ3) is 2.90. The van der Waals surface area contributed by atoms with Gasteiger partial charge in [-0.2, -0.15) is 5.10 Å². The van der Waals surface area contributed by atoms with Crippen LogP contribution < -0.4 is 5.32 Å². The second-order valence-electron chi connectivity index (χ2n) is 4.43. The molecule has 0 radical (unpaired) electrons. The minimum Gasteiger partial charge on any atom is -0.506 e. The normalized spacial score (nSPS) is 10.5. The van der Waals surface area contributed by atoms with Gasteiger partial charge in [0.2, 0.25) is 0 Å². The topological polar surface area (TPSA) is 63.0 Å². The maximum absolute atomic E-state index is 10.0. The summed E-state index contributed by atoms with van der Waals surface area (Å²) in [6.45, 7) is 0.491. The van der Waals surface area contributed by atoms with Crippen LogP contribution in [0.2, 0.25) is 0 Å². The molecule has 3 aromatic rings. The smallest absolute Gasteiger partial charge is 0.176 e. The lowest BCUT2D eigenvalue weighted by Gasteiger charge is -2.12. The molecule has 2 aromatic heterocycles. The molecular weight excluding hydrogens is 332 g/mol. The Morgan fingerprint density at radius 2 is 2.05 bits per heavy atom. The zero-order chi connectivity index (χ0) is 14.7. The summed E-state index contributed by atoms with van der Waals surface area (Å²) < 4.78 is 2.38. The summed E-state index contributed by atoms with van der Waals surface area (Å²) in [7, 11) is 0. The third-order valence-corrected chi connectivity index (χ3v) is 3.69. The van der Waals surface area contributed by atoms with Crippen molar-refractivity contribution in [2.45, 2.75) is 6.54 Å². The van der Waals surface area contributed by atoms with Gasteiger partial charge in [0.05, 0.1) is 10.2 Å². The molecule has 0 aliphatic carbocycles. The molecule has 3 rings (SSSR count). The van der Waals surface area contributed by atoms with Gasteiger partial charge in [-0.05, 0) is 40.2 Å². The van der Waals surface area contributed by atoms with E-state index in [4.69, 9.17) is 0 Å². The van der Waals surface area contributed by atoms with Gasteiger partial charge in [-0.1, -0.05) is 12.1 Å². The van der Waals surface area contributed by atoms with Crippen molar-refractivity contribution in [2.75, 3.05) is 5.32 Å². The Labute approximate surface area is 130 Å². The fourth-order valence-electron chi connectivity index (χ4n) is 2.00. The minimum absolute atomic E-state index is 0.245. The lowest BCUT2D eigenvalue weighted by Crippen LogP contribution is -2.06. The summed E-state index contributed by atoms with van der Waals surface area (Å²) in [5, 5.41) is 17.5. The highest BCUT2D eigenvalue weighted by molar-refractivity contribution is 9.10. The Bertz CT molecular complexity index is 743. The van der Waals surface area contributed by atoms with Crippen LogP contribution in [-0.2, 0) is 6.54 Å². The molecule has 0 atom stereocenters. The predicted octanol–water partition coefficient (Wildman–Crippen LogP) is 3.35. The molecule has 0 bridgehead atoms. The van der Waals surface area contributed by atoms with Crippen molar-refractivity contribution in [3.05, 3.63) is 65.0 Å². The first-order valence-corrected chi connectivity index (χ1v) is 7.20. The molecule has 0 fully saturated rings. The molecule has 1 aromatic carbocycles. The van der Waals surface area contributed by atoms with E-state index in [2.05, 4.69) is 31.3 Å². The number of benzene rings is 1. The highest BCUT2D eigenvalue weighted by Crippen LogP contribution is 2.28. The average Bonchev–Trinajstić information content (AvgIpc) is 3.03. The van der Waals surface area contributed by atoms with Crippen molar-refractivity contribution in [1.29, 1.82) is 0 Å². The fourth-order valence-corrected chi connectivity index (χ4v) is 2.41. The molecule has 0 aliphatic heterocycles. The summed E-state index contributed by atoms with van der Waals surface area (Å²) in [5.41, 5.74) is 1.65. The molecule has 6 heteroatoms. The fraction of sp³-hybridized carbons (Fsp3) is 0.0667. The van der Waals surface area contributed by atoms with E-state index >= 15 is 0 Å². The molecule has 0 spiro atoms. The van der Waals surface area contributed by atoms with E-state index in [1.54, 1.807) is 23.1 Å². The van der Waals surface area contributed by atoms with Crippen LogP contribution in [0.15, 0.2) is 59.5 Å². The molecule has 2 heterocycles. The number of hydrogen-bond acceptors (Lipinski definition) is 4. The van der Waals surface area contributed by atoms with Crippen molar-refractivity contribution < 1.29 is 5.11 Å². The number of phenols is 1. The SMILES string of the molecule is Oc1c(Br)cccc1CNc1cccnc1-n1cccn1. The maximum Gasteiger partial charge on any atom is 0.176 e. The number of nitrogens with one attached hydrogen (secondary N) is 1. The molecule has 2 N–H and O–H groups in total. The van der Waals surface area contributed by atoms with Gasteiger partial charge >= 0.3 is 0 Å². The van der Waals surface area contributed by atoms with Gasteiger partial charge in [-0.15, -0.1) is 0 Å². The van der Waals surface area contributed by atoms with Crippen molar-refractivity contribution in [3.63, 3.8) is 0 Å².